The highest BCUT2D eigenvalue weighted by molar-refractivity contribution is 7.47. The van der Waals surface area contributed by atoms with E-state index in [1.54, 1.807) is 0 Å². The number of hydrogen-bond acceptors (Lipinski definition) is 11. The maximum Gasteiger partial charge on any atom is 0.472 e. The fourth-order valence-corrected chi connectivity index (χ4v) is 7.90. The monoisotopic (exact) mass is 923 g/mol. The van der Waals surface area contributed by atoms with E-state index in [9.17, 15) is 39.8 Å². The molecule has 0 aromatic carbocycles. The number of phosphoric ester groups is 1. The van der Waals surface area contributed by atoms with Crippen LogP contribution >= 0.6 is 7.82 Å². The normalized spacial score (nSPS) is 22.4. The molecule has 1 fully saturated rings. The van der Waals surface area contributed by atoms with Crippen molar-refractivity contribution in [3.63, 3.8) is 0 Å². The number of hydrogen-bond donors (Lipinski definition) is 6. The zero-order valence-corrected chi connectivity index (χ0v) is 40.2. The van der Waals surface area contributed by atoms with E-state index in [0.717, 1.165) is 83.5 Å². The molecule has 13 heteroatoms. The molecule has 0 amide bonds. The van der Waals surface area contributed by atoms with Gasteiger partial charge in [0.1, 0.15) is 42.7 Å². The second-order valence-electron chi connectivity index (χ2n) is 16.6. The fourth-order valence-electron chi connectivity index (χ4n) is 6.92. The van der Waals surface area contributed by atoms with Crippen LogP contribution in [0.5, 0.6) is 0 Å². The highest BCUT2D eigenvalue weighted by Crippen LogP contribution is 2.47. The lowest BCUT2D eigenvalue weighted by Gasteiger charge is -2.41. The van der Waals surface area contributed by atoms with Gasteiger partial charge in [-0.15, -0.1) is 0 Å². The third kappa shape index (κ3) is 32.2. The molecule has 0 aromatic rings. The van der Waals surface area contributed by atoms with Gasteiger partial charge in [0.2, 0.25) is 0 Å². The first-order valence-electron chi connectivity index (χ1n) is 24.4. The number of aliphatic hydroxyl groups is 5. The minimum atomic E-state index is -5.04. The first-order valence-corrected chi connectivity index (χ1v) is 25.9. The smallest absolute Gasteiger partial charge is 0.457 e. The van der Waals surface area contributed by atoms with E-state index in [4.69, 9.17) is 18.5 Å². The Bertz CT molecular complexity index is 1380. The summed E-state index contributed by atoms with van der Waals surface area (Å²) in [5, 5.41) is 50.2. The van der Waals surface area contributed by atoms with Crippen molar-refractivity contribution < 1.29 is 58.3 Å². The largest absolute Gasteiger partial charge is 0.472 e. The molecule has 1 aliphatic carbocycles. The molecule has 0 bridgehead atoms. The van der Waals surface area contributed by atoms with Gasteiger partial charge in [0, 0.05) is 13.0 Å². The van der Waals surface area contributed by atoms with Crippen LogP contribution in [0.1, 0.15) is 168 Å². The van der Waals surface area contributed by atoms with Crippen molar-refractivity contribution in [3.05, 3.63) is 85.1 Å². The van der Waals surface area contributed by atoms with Gasteiger partial charge in [-0.3, -0.25) is 13.8 Å². The Balaban J connectivity index is 2.40. The van der Waals surface area contributed by atoms with Crippen molar-refractivity contribution >= 4 is 13.8 Å². The number of phosphoric acid groups is 1. The van der Waals surface area contributed by atoms with Crippen LogP contribution in [0.25, 0.3) is 0 Å². The quantitative estimate of drug-likeness (QED) is 0.0148. The maximum absolute atomic E-state index is 12.8. The zero-order chi connectivity index (χ0) is 46.9. The van der Waals surface area contributed by atoms with E-state index < -0.39 is 63.1 Å². The molecular weight excluding hydrogens is 836 g/mol. The van der Waals surface area contributed by atoms with Gasteiger partial charge in [0.05, 0.1) is 13.2 Å². The van der Waals surface area contributed by atoms with Gasteiger partial charge in [0.25, 0.3) is 0 Å². The Morgan fingerprint density at radius 2 is 0.922 bits per heavy atom. The third-order valence-electron chi connectivity index (χ3n) is 10.8. The number of esters is 1. The fraction of sp³-hybridized carbons (Fsp3) is 0.706. The van der Waals surface area contributed by atoms with Crippen molar-refractivity contribution in [1.29, 1.82) is 0 Å². The second-order valence-corrected chi connectivity index (χ2v) is 18.0. The molecule has 0 spiro atoms. The van der Waals surface area contributed by atoms with Gasteiger partial charge in [-0.2, -0.15) is 0 Å². The van der Waals surface area contributed by atoms with Crippen molar-refractivity contribution in [2.75, 3.05) is 19.8 Å². The molecule has 6 unspecified atom stereocenters. The molecular formula is C51H87O12P. The molecule has 0 aromatic heterocycles. The van der Waals surface area contributed by atoms with E-state index in [1.807, 2.05) is 0 Å². The van der Waals surface area contributed by atoms with E-state index in [2.05, 4.69) is 98.9 Å². The van der Waals surface area contributed by atoms with Crippen LogP contribution < -0.4 is 0 Å². The highest BCUT2D eigenvalue weighted by Gasteiger charge is 2.51. The first kappa shape index (κ1) is 59.5. The van der Waals surface area contributed by atoms with Crippen LogP contribution in [0.15, 0.2) is 85.1 Å². The number of allylic oxidation sites excluding steroid dienone is 14. The van der Waals surface area contributed by atoms with E-state index in [0.29, 0.717) is 13.0 Å². The standard InChI is InChI=1S/C51H87O12P/c1-3-5-7-9-11-13-15-17-18-19-20-21-22-23-24-25-26-27-29-31-33-35-37-39-41-60-42-44(43-61-64(58,59)63-51-49(56)47(54)46(53)48(55)50(51)57)62-45(52)40-38-36-34-32-30-28-16-14-12-10-8-6-4-2/h5,7,11,13,17-18,20-21,23-24,26-27,31,33,44,46-51,53-57H,3-4,6,8-10,12,14-16,19,22,25,28-30,32,34-43H2,1-2H3,(H,58,59)/b7-5-,13-11-,18-17-,21-20-,24-23-,27-26-,33-31-. The Kier molecular flexibility index (Phi) is 37.9. The summed E-state index contributed by atoms with van der Waals surface area (Å²) in [5.74, 6) is -0.496. The third-order valence-corrected chi connectivity index (χ3v) is 11.8. The van der Waals surface area contributed by atoms with Crippen molar-refractivity contribution in [3.8, 4) is 0 Å². The summed E-state index contributed by atoms with van der Waals surface area (Å²) >= 11 is 0. The minimum Gasteiger partial charge on any atom is -0.457 e. The Labute approximate surface area is 386 Å². The lowest BCUT2D eigenvalue weighted by Crippen LogP contribution is -2.64. The van der Waals surface area contributed by atoms with Gasteiger partial charge >= 0.3 is 13.8 Å². The predicted octanol–water partition coefficient (Wildman–Crippen LogP) is 10.5. The van der Waals surface area contributed by atoms with Crippen LogP contribution in [0.4, 0.5) is 0 Å². The molecule has 0 heterocycles. The van der Waals surface area contributed by atoms with Gasteiger partial charge in [-0.25, -0.2) is 4.57 Å². The summed E-state index contributed by atoms with van der Waals surface area (Å²) in [5.41, 5.74) is 0. The lowest BCUT2D eigenvalue weighted by molar-refractivity contribution is -0.220. The van der Waals surface area contributed by atoms with Crippen LogP contribution in [0.3, 0.4) is 0 Å². The summed E-state index contributed by atoms with van der Waals surface area (Å²) in [6.45, 7) is 4.03. The van der Waals surface area contributed by atoms with Crippen LogP contribution in [0, 0.1) is 0 Å². The average Bonchev–Trinajstić information content (AvgIpc) is 3.28. The molecule has 0 saturated heterocycles. The Hall–Kier alpha value is -2.48. The molecule has 1 aliphatic rings. The van der Waals surface area contributed by atoms with Crippen molar-refractivity contribution in [2.24, 2.45) is 0 Å². The molecule has 12 nitrogen and oxygen atoms in total. The summed E-state index contributed by atoms with van der Waals surface area (Å²) in [7, 11) is -5.04. The number of ether oxygens (including phenoxy) is 2. The Morgan fingerprint density at radius 1 is 0.516 bits per heavy atom. The van der Waals surface area contributed by atoms with Gasteiger partial charge in [-0.1, -0.05) is 176 Å². The molecule has 1 rings (SSSR count). The Morgan fingerprint density at radius 3 is 1.38 bits per heavy atom. The summed E-state index contributed by atoms with van der Waals surface area (Å²) in [6, 6.07) is 0. The minimum absolute atomic E-state index is 0.110. The second kappa shape index (κ2) is 40.8. The van der Waals surface area contributed by atoms with E-state index in [1.165, 1.54) is 57.8 Å². The first-order chi connectivity index (χ1) is 31.0. The topological polar surface area (TPSA) is 192 Å². The number of carbonyl (C=O) groups excluding carboxylic acids is 1. The molecule has 0 radical (unpaired) electrons. The zero-order valence-electron chi connectivity index (χ0n) is 39.3. The van der Waals surface area contributed by atoms with Gasteiger partial charge in [-0.05, 0) is 70.6 Å². The van der Waals surface area contributed by atoms with Crippen LogP contribution in [-0.4, -0.2) is 98.9 Å². The van der Waals surface area contributed by atoms with E-state index >= 15 is 0 Å². The lowest BCUT2D eigenvalue weighted by atomic mass is 9.85. The van der Waals surface area contributed by atoms with Crippen LogP contribution in [-0.2, 0) is 27.9 Å². The molecule has 0 aliphatic heterocycles. The predicted molar refractivity (Wildman–Crippen MR) is 258 cm³/mol. The summed E-state index contributed by atoms with van der Waals surface area (Å²) in [4.78, 5) is 23.2. The highest BCUT2D eigenvalue weighted by atomic mass is 31.2. The van der Waals surface area contributed by atoms with E-state index in [-0.39, 0.29) is 13.0 Å². The van der Waals surface area contributed by atoms with Gasteiger partial charge in [0.15, 0.2) is 0 Å². The average molecular weight is 923 g/mol. The molecule has 6 atom stereocenters. The summed E-state index contributed by atoms with van der Waals surface area (Å²) in [6.07, 6.45) is 42.3. The molecule has 368 valence electrons. The van der Waals surface area contributed by atoms with Crippen molar-refractivity contribution in [2.45, 2.75) is 211 Å². The van der Waals surface area contributed by atoms with Crippen LogP contribution in [0.2, 0.25) is 0 Å². The summed E-state index contributed by atoms with van der Waals surface area (Å²) < 4.78 is 34.2. The SMILES string of the molecule is CC/C=C\C/C=C\C/C=C\C/C=C\C/C=C\C/C=C\C/C=C\CCCCOCC(COP(=O)(O)OC1C(O)C(O)C(O)C(O)C1O)OC(=O)CCCCCCCCCCCCCCC. The number of carbonyl (C=O) groups is 1. The maximum atomic E-state index is 12.8. The number of aliphatic hydroxyl groups excluding tert-OH is 5. The number of rotatable bonds is 40. The van der Waals surface area contributed by atoms with Crippen molar-refractivity contribution in [1.82, 2.24) is 0 Å². The molecule has 6 N–H and O–H groups in total. The molecule has 1 saturated carbocycles. The number of unbranched alkanes of at least 4 members (excludes halogenated alkanes) is 14. The molecule has 64 heavy (non-hydrogen) atoms. The van der Waals surface area contributed by atoms with Gasteiger partial charge < -0.3 is 39.9 Å².